The first-order chi connectivity index (χ1) is 17.0. The van der Waals surface area contributed by atoms with Gasteiger partial charge < -0.3 is 24.4 Å². The van der Waals surface area contributed by atoms with E-state index in [-0.39, 0.29) is 18.0 Å². The molecule has 11 heteroatoms. The maximum Gasteiger partial charge on any atom is 0.258 e. The van der Waals surface area contributed by atoms with E-state index in [1.807, 2.05) is 0 Å². The van der Waals surface area contributed by atoms with Crippen LogP contribution in [0.4, 0.5) is 11.8 Å². The molecule has 1 aliphatic heterocycles. The van der Waals surface area contributed by atoms with Crippen LogP contribution >= 0.6 is 0 Å². The average molecular weight is 476 g/mol. The Bertz CT molecular complexity index is 1250. The Kier molecular flexibility index (Phi) is 7.32. The normalized spacial score (nSPS) is 13.5. The van der Waals surface area contributed by atoms with Crippen molar-refractivity contribution in [3.05, 3.63) is 47.9 Å². The van der Waals surface area contributed by atoms with Gasteiger partial charge in [0.2, 0.25) is 5.95 Å². The molecule has 3 aromatic rings. The number of amides is 1. The van der Waals surface area contributed by atoms with Crippen LogP contribution in [0.2, 0.25) is 0 Å². The fourth-order valence-electron chi connectivity index (χ4n) is 3.49. The number of carbonyl (C=O) groups is 1. The number of methoxy groups -OCH3 is 1. The van der Waals surface area contributed by atoms with Gasteiger partial charge in [-0.1, -0.05) is 0 Å². The lowest BCUT2D eigenvalue weighted by atomic mass is 10.1. The first kappa shape index (κ1) is 23.8. The Morgan fingerprint density at radius 3 is 2.66 bits per heavy atom. The zero-order valence-corrected chi connectivity index (χ0v) is 19.7. The molecule has 1 aliphatic rings. The zero-order valence-electron chi connectivity index (χ0n) is 19.7. The van der Waals surface area contributed by atoms with E-state index in [9.17, 15) is 10.1 Å². The summed E-state index contributed by atoms with van der Waals surface area (Å²) in [6.45, 7) is 1.29. The topological polar surface area (TPSA) is 135 Å². The van der Waals surface area contributed by atoms with E-state index in [1.54, 1.807) is 44.7 Å². The summed E-state index contributed by atoms with van der Waals surface area (Å²) in [6, 6.07) is 7.11. The molecule has 0 bridgehead atoms. The molecule has 0 unspecified atom stereocenters. The molecule has 4 heterocycles. The molecular formula is C24H25N7O4. The molecule has 180 valence electrons. The Labute approximate surface area is 202 Å². The van der Waals surface area contributed by atoms with E-state index in [4.69, 9.17) is 14.2 Å². The number of aromatic nitrogens is 4. The molecule has 1 fully saturated rings. The fourth-order valence-corrected chi connectivity index (χ4v) is 3.49. The van der Waals surface area contributed by atoms with E-state index in [0.29, 0.717) is 53.0 Å². The molecule has 1 N–H and O–H groups in total. The summed E-state index contributed by atoms with van der Waals surface area (Å²) >= 11 is 0. The number of carbonyl (C=O) groups excluding carboxylic acids is 1. The highest BCUT2D eigenvalue weighted by Crippen LogP contribution is 2.27. The van der Waals surface area contributed by atoms with Crippen molar-refractivity contribution in [3.63, 3.8) is 0 Å². The van der Waals surface area contributed by atoms with E-state index < -0.39 is 0 Å². The highest BCUT2D eigenvalue weighted by atomic mass is 16.5. The third-order valence-electron chi connectivity index (χ3n) is 5.33. The molecule has 0 aliphatic carbocycles. The minimum atomic E-state index is -0.220. The average Bonchev–Trinajstić information content (AvgIpc) is 2.89. The van der Waals surface area contributed by atoms with Gasteiger partial charge in [0.25, 0.3) is 5.91 Å². The Morgan fingerprint density at radius 1 is 1.14 bits per heavy atom. The highest BCUT2D eigenvalue weighted by Gasteiger charge is 2.19. The van der Waals surface area contributed by atoms with E-state index >= 15 is 0 Å². The lowest BCUT2D eigenvalue weighted by Crippen LogP contribution is -2.26. The lowest BCUT2D eigenvalue weighted by Gasteiger charge is -2.23. The van der Waals surface area contributed by atoms with Crippen molar-refractivity contribution in [2.75, 3.05) is 39.7 Å². The summed E-state index contributed by atoms with van der Waals surface area (Å²) in [6.07, 6.45) is 6.11. The largest absolute Gasteiger partial charge is 0.496 e. The van der Waals surface area contributed by atoms with Crippen LogP contribution in [0.5, 0.6) is 11.5 Å². The van der Waals surface area contributed by atoms with Gasteiger partial charge in [-0.05, 0) is 12.1 Å². The first-order valence-corrected chi connectivity index (χ1v) is 11.0. The van der Waals surface area contributed by atoms with Crippen LogP contribution in [0.1, 0.15) is 28.8 Å². The number of pyridine rings is 2. The summed E-state index contributed by atoms with van der Waals surface area (Å²) in [7, 11) is 4.79. The van der Waals surface area contributed by atoms with E-state index in [1.165, 1.54) is 18.2 Å². The van der Waals surface area contributed by atoms with Crippen LogP contribution in [-0.2, 0) is 4.74 Å². The quantitative estimate of drug-likeness (QED) is 0.543. The van der Waals surface area contributed by atoms with Crippen molar-refractivity contribution in [1.29, 1.82) is 5.26 Å². The minimum Gasteiger partial charge on any atom is -0.496 e. The number of rotatable bonds is 7. The number of nitrogens with zero attached hydrogens (tertiary/aromatic N) is 6. The fraction of sp³-hybridized carbons (Fsp3) is 0.333. The summed E-state index contributed by atoms with van der Waals surface area (Å²) in [5.74, 6) is 1.27. The molecule has 11 nitrogen and oxygen atoms in total. The second-order valence-electron chi connectivity index (χ2n) is 7.97. The number of nitrogens with one attached hydrogen (secondary N) is 1. The second kappa shape index (κ2) is 10.8. The van der Waals surface area contributed by atoms with Crippen molar-refractivity contribution >= 4 is 17.7 Å². The smallest absolute Gasteiger partial charge is 0.258 e. The number of ether oxygens (including phenoxy) is 3. The third-order valence-corrected chi connectivity index (χ3v) is 5.33. The van der Waals surface area contributed by atoms with E-state index in [0.717, 1.165) is 12.8 Å². The summed E-state index contributed by atoms with van der Waals surface area (Å²) in [5, 5.41) is 12.6. The van der Waals surface area contributed by atoms with Gasteiger partial charge in [0.15, 0.2) is 5.75 Å². The summed E-state index contributed by atoms with van der Waals surface area (Å²) in [5.41, 5.74) is 1.74. The SMILES string of the molecule is COc1cc(Nc2nccc(-c3cc(C#N)c(OC4CCOCC4)cn3)n2)ncc1C(=O)N(C)C. The van der Waals surface area contributed by atoms with Crippen LogP contribution < -0.4 is 14.8 Å². The van der Waals surface area contributed by atoms with Crippen molar-refractivity contribution < 1.29 is 19.0 Å². The van der Waals surface area contributed by atoms with Gasteiger partial charge >= 0.3 is 0 Å². The number of hydrogen-bond donors (Lipinski definition) is 1. The Morgan fingerprint density at radius 2 is 1.94 bits per heavy atom. The van der Waals surface area contributed by atoms with Crippen LogP contribution in [-0.4, -0.2) is 71.3 Å². The lowest BCUT2D eigenvalue weighted by molar-refractivity contribution is 0.0253. The molecule has 0 spiro atoms. The van der Waals surface area contributed by atoms with Crippen molar-refractivity contribution in [1.82, 2.24) is 24.8 Å². The van der Waals surface area contributed by atoms with Gasteiger partial charge in [-0.3, -0.25) is 9.78 Å². The van der Waals surface area contributed by atoms with Gasteiger partial charge in [-0.25, -0.2) is 15.0 Å². The third kappa shape index (κ3) is 5.62. The van der Waals surface area contributed by atoms with E-state index in [2.05, 4.69) is 31.3 Å². The molecule has 0 aromatic carbocycles. The molecule has 3 aromatic heterocycles. The zero-order chi connectivity index (χ0) is 24.8. The maximum atomic E-state index is 12.3. The number of nitriles is 1. The van der Waals surface area contributed by atoms with Crippen molar-refractivity contribution in [2.45, 2.75) is 18.9 Å². The minimum absolute atomic E-state index is 0.00209. The Hall–Kier alpha value is -4.30. The molecule has 0 saturated carbocycles. The van der Waals surface area contributed by atoms with Crippen LogP contribution in [0, 0.1) is 11.3 Å². The van der Waals surface area contributed by atoms with Gasteiger partial charge in [0, 0.05) is 45.4 Å². The van der Waals surface area contributed by atoms with Gasteiger partial charge in [-0.2, -0.15) is 5.26 Å². The van der Waals surface area contributed by atoms with Crippen molar-refractivity contribution in [2.24, 2.45) is 0 Å². The molecule has 4 rings (SSSR count). The van der Waals surface area contributed by atoms with Crippen LogP contribution in [0.3, 0.4) is 0 Å². The Balaban J connectivity index is 1.54. The summed E-state index contributed by atoms with van der Waals surface area (Å²) < 4.78 is 16.7. The molecule has 0 radical (unpaired) electrons. The van der Waals surface area contributed by atoms with Gasteiger partial charge in [0.1, 0.15) is 23.7 Å². The molecule has 0 atom stereocenters. The van der Waals surface area contributed by atoms with Gasteiger partial charge in [-0.15, -0.1) is 0 Å². The van der Waals surface area contributed by atoms with Gasteiger partial charge in [0.05, 0.1) is 49.0 Å². The highest BCUT2D eigenvalue weighted by molar-refractivity contribution is 5.96. The standard InChI is InChI=1S/C24H25N7O4/c1-31(2)23(32)17-13-28-22(11-20(17)33-3)30-24-26-7-4-18(29-24)19-10-15(12-25)21(14-27-19)35-16-5-8-34-9-6-16/h4,7,10-11,13-14,16H,5-6,8-9H2,1-3H3,(H,26,28,29,30). The van der Waals surface area contributed by atoms with Crippen molar-refractivity contribution in [3.8, 4) is 29.0 Å². The first-order valence-electron chi connectivity index (χ1n) is 11.0. The molecular weight excluding hydrogens is 450 g/mol. The number of anilines is 2. The van der Waals surface area contributed by atoms with Crippen LogP contribution in [0.15, 0.2) is 36.8 Å². The molecule has 1 saturated heterocycles. The number of hydrogen-bond acceptors (Lipinski definition) is 10. The molecule has 35 heavy (non-hydrogen) atoms. The monoisotopic (exact) mass is 475 g/mol. The predicted octanol–water partition coefficient (Wildman–Crippen LogP) is 2.82. The predicted molar refractivity (Wildman–Crippen MR) is 127 cm³/mol. The van der Waals surface area contributed by atoms with Crippen LogP contribution in [0.25, 0.3) is 11.4 Å². The summed E-state index contributed by atoms with van der Waals surface area (Å²) in [4.78, 5) is 31.2. The maximum absolute atomic E-state index is 12.3. The second-order valence-corrected chi connectivity index (χ2v) is 7.97. The molecule has 1 amide bonds.